The molecule has 3 nitrogen and oxygen atoms in total. The number of benzene rings is 1. The molecule has 0 N–H and O–H groups in total. The fourth-order valence-electron chi connectivity index (χ4n) is 1.66. The minimum atomic E-state index is -0.430. The third kappa shape index (κ3) is 2.91. The van der Waals surface area contributed by atoms with Crippen LogP contribution in [0.5, 0.6) is 11.6 Å². The molecule has 0 atom stereocenters. The molecule has 1 aromatic heterocycles. The highest BCUT2D eigenvalue weighted by molar-refractivity contribution is 9.10. The highest BCUT2D eigenvalue weighted by Gasteiger charge is 2.11. The van der Waals surface area contributed by atoms with E-state index in [4.69, 9.17) is 10.00 Å². The van der Waals surface area contributed by atoms with E-state index in [-0.39, 0.29) is 5.88 Å². The zero-order valence-electron chi connectivity index (χ0n) is 10.4. The maximum absolute atomic E-state index is 13.4. The molecule has 0 saturated heterocycles. The van der Waals surface area contributed by atoms with Gasteiger partial charge in [-0.2, -0.15) is 5.26 Å². The maximum atomic E-state index is 13.4. The minimum absolute atomic E-state index is 0.196. The fourth-order valence-corrected chi connectivity index (χ4v) is 1.91. The van der Waals surface area contributed by atoms with Gasteiger partial charge in [-0.3, -0.25) is 0 Å². The van der Waals surface area contributed by atoms with Crippen molar-refractivity contribution in [2.75, 3.05) is 0 Å². The van der Waals surface area contributed by atoms with E-state index in [2.05, 4.69) is 20.9 Å². The second kappa shape index (κ2) is 5.37. The maximum Gasteiger partial charge on any atom is 0.237 e. The van der Waals surface area contributed by atoms with Gasteiger partial charge in [-0.1, -0.05) is 0 Å². The molecule has 19 heavy (non-hydrogen) atoms. The Kier molecular flexibility index (Phi) is 3.82. The molecule has 96 valence electrons. The van der Waals surface area contributed by atoms with E-state index in [0.29, 0.717) is 15.8 Å². The number of pyridine rings is 1. The van der Waals surface area contributed by atoms with Crippen molar-refractivity contribution < 1.29 is 9.13 Å². The lowest BCUT2D eigenvalue weighted by Crippen LogP contribution is -1.97. The summed E-state index contributed by atoms with van der Waals surface area (Å²) >= 11 is 3.07. The standard InChI is InChI=1S/C14H10BrFN2O/c1-8-5-9(2)18-14(11(8)7-17)19-10-3-4-12(15)13(16)6-10/h3-6H,1-2H3. The first kappa shape index (κ1) is 13.5. The van der Waals surface area contributed by atoms with Crippen LogP contribution in [0.3, 0.4) is 0 Å². The average Bonchev–Trinajstić information content (AvgIpc) is 2.33. The molecule has 0 aliphatic carbocycles. The Balaban J connectivity index is 2.43. The summed E-state index contributed by atoms with van der Waals surface area (Å²) in [5.41, 5.74) is 1.88. The minimum Gasteiger partial charge on any atom is -0.438 e. The summed E-state index contributed by atoms with van der Waals surface area (Å²) < 4.78 is 19.3. The van der Waals surface area contributed by atoms with Gasteiger partial charge in [0.25, 0.3) is 0 Å². The van der Waals surface area contributed by atoms with E-state index in [1.54, 1.807) is 18.2 Å². The van der Waals surface area contributed by atoms with E-state index in [0.717, 1.165) is 11.3 Å². The van der Waals surface area contributed by atoms with E-state index in [9.17, 15) is 4.39 Å². The second-order valence-corrected chi connectivity index (χ2v) is 4.90. The highest BCUT2D eigenvalue weighted by atomic mass is 79.9. The van der Waals surface area contributed by atoms with Gasteiger partial charge >= 0.3 is 0 Å². The van der Waals surface area contributed by atoms with Gasteiger partial charge in [0.1, 0.15) is 23.2 Å². The summed E-state index contributed by atoms with van der Waals surface area (Å²) in [6.45, 7) is 3.62. The summed E-state index contributed by atoms with van der Waals surface area (Å²) in [5.74, 6) is 0.0665. The van der Waals surface area contributed by atoms with Gasteiger partial charge in [0, 0.05) is 11.8 Å². The smallest absolute Gasteiger partial charge is 0.237 e. The van der Waals surface area contributed by atoms with Crippen LogP contribution in [-0.2, 0) is 0 Å². The first-order valence-corrected chi connectivity index (χ1v) is 6.32. The molecule has 0 unspecified atom stereocenters. The van der Waals surface area contributed by atoms with E-state index < -0.39 is 5.82 Å². The van der Waals surface area contributed by atoms with Gasteiger partial charge in [-0.25, -0.2) is 9.37 Å². The van der Waals surface area contributed by atoms with Crippen LogP contribution in [0, 0.1) is 31.0 Å². The number of ether oxygens (including phenoxy) is 1. The number of aryl methyl sites for hydroxylation is 2. The summed E-state index contributed by atoms with van der Waals surface area (Å²) in [4.78, 5) is 4.17. The topological polar surface area (TPSA) is 45.9 Å². The molecule has 2 rings (SSSR count). The van der Waals surface area contributed by atoms with E-state index in [1.807, 2.05) is 19.9 Å². The van der Waals surface area contributed by atoms with Crippen LogP contribution >= 0.6 is 15.9 Å². The first-order chi connectivity index (χ1) is 9.01. The molecule has 0 bridgehead atoms. The average molecular weight is 321 g/mol. The third-order valence-corrected chi connectivity index (χ3v) is 3.17. The van der Waals surface area contributed by atoms with Crippen molar-refractivity contribution in [3.05, 3.63) is 51.4 Å². The molecule has 0 aliphatic heterocycles. The van der Waals surface area contributed by atoms with Crippen molar-refractivity contribution in [2.24, 2.45) is 0 Å². The van der Waals surface area contributed by atoms with Gasteiger partial charge < -0.3 is 4.74 Å². The largest absolute Gasteiger partial charge is 0.438 e. The molecule has 5 heteroatoms. The van der Waals surface area contributed by atoms with Crippen molar-refractivity contribution in [3.63, 3.8) is 0 Å². The first-order valence-electron chi connectivity index (χ1n) is 5.52. The molecule has 0 radical (unpaired) electrons. The van der Waals surface area contributed by atoms with Crippen LogP contribution in [0.2, 0.25) is 0 Å². The van der Waals surface area contributed by atoms with Gasteiger partial charge in [0.05, 0.1) is 4.47 Å². The molecule has 1 aromatic carbocycles. The number of hydrogen-bond acceptors (Lipinski definition) is 3. The highest BCUT2D eigenvalue weighted by Crippen LogP contribution is 2.28. The van der Waals surface area contributed by atoms with Crippen molar-refractivity contribution >= 4 is 15.9 Å². The third-order valence-electron chi connectivity index (χ3n) is 2.53. The van der Waals surface area contributed by atoms with Crippen LogP contribution in [-0.4, -0.2) is 4.98 Å². The van der Waals surface area contributed by atoms with Crippen LogP contribution in [0.1, 0.15) is 16.8 Å². The van der Waals surface area contributed by atoms with Crippen molar-refractivity contribution in [2.45, 2.75) is 13.8 Å². The Morgan fingerprint density at radius 2 is 2.05 bits per heavy atom. The predicted molar refractivity (Wildman–Crippen MR) is 72.6 cm³/mol. The number of hydrogen-bond donors (Lipinski definition) is 0. The molecule has 0 aliphatic rings. The fraction of sp³-hybridized carbons (Fsp3) is 0.143. The lowest BCUT2D eigenvalue weighted by Gasteiger charge is -2.09. The van der Waals surface area contributed by atoms with E-state index >= 15 is 0 Å². The second-order valence-electron chi connectivity index (χ2n) is 4.05. The number of halogens is 2. The normalized spacial score (nSPS) is 10.1. The molecule has 0 fully saturated rings. The van der Waals surface area contributed by atoms with Crippen LogP contribution < -0.4 is 4.74 Å². The Bertz CT molecular complexity index is 680. The van der Waals surface area contributed by atoms with E-state index in [1.165, 1.54) is 6.07 Å². The lowest BCUT2D eigenvalue weighted by molar-refractivity contribution is 0.454. The van der Waals surface area contributed by atoms with Crippen molar-refractivity contribution in [3.8, 4) is 17.7 Å². The molecule has 2 aromatic rings. The van der Waals surface area contributed by atoms with Crippen molar-refractivity contribution in [1.29, 1.82) is 5.26 Å². The van der Waals surface area contributed by atoms with Gasteiger partial charge in [0.15, 0.2) is 0 Å². The molecular weight excluding hydrogens is 311 g/mol. The zero-order valence-corrected chi connectivity index (χ0v) is 12.0. The van der Waals surface area contributed by atoms with Crippen LogP contribution in [0.25, 0.3) is 0 Å². The van der Waals surface area contributed by atoms with Gasteiger partial charge in [-0.05, 0) is 53.5 Å². The van der Waals surface area contributed by atoms with Gasteiger partial charge in [0.2, 0.25) is 5.88 Å². The number of aromatic nitrogens is 1. The number of nitriles is 1. The lowest BCUT2D eigenvalue weighted by atomic mass is 10.1. The quantitative estimate of drug-likeness (QED) is 0.830. The Morgan fingerprint density at radius 1 is 1.32 bits per heavy atom. The van der Waals surface area contributed by atoms with Gasteiger partial charge in [-0.15, -0.1) is 0 Å². The number of rotatable bonds is 2. The summed E-state index contributed by atoms with van der Waals surface area (Å²) in [5, 5.41) is 9.12. The summed E-state index contributed by atoms with van der Waals surface area (Å²) in [7, 11) is 0. The Labute approximate surface area is 118 Å². The predicted octanol–water partition coefficient (Wildman–Crippen LogP) is 4.26. The molecule has 1 heterocycles. The van der Waals surface area contributed by atoms with Crippen molar-refractivity contribution in [1.82, 2.24) is 4.98 Å². The van der Waals surface area contributed by atoms with Crippen LogP contribution in [0.15, 0.2) is 28.7 Å². The Morgan fingerprint density at radius 3 is 2.68 bits per heavy atom. The summed E-state index contributed by atoms with van der Waals surface area (Å²) in [6, 6.07) is 8.23. The number of nitrogens with zero attached hydrogens (tertiary/aromatic N) is 2. The summed E-state index contributed by atoms with van der Waals surface area (Å²) in [6.07, 6.45) is 0. The molecule has 0 spiro atoms. The SMILES string of the molecule is Cc1cc(C)c(C#N)c(Oc2ccc(Br)c(F)c2)n1. The molecule has 0 amide bonds. The monoisotopic (exact) mass is 320 g/mol. The zero-order chi connectivity index (χ0) is 14.0. The Hall–Kier alpha value is -1.93. The molecular formula is C14H10BrFN2O. The van der Waals surface area contributed by atoms with Crippen LogP contribution in [0.4, 0.5) is 4.39 Å². The molecule has 0 saturated carbocycles.